The summed E-state index contributed by atoms with van der Waals surface area (Å²) in [5.74, 6) is 0.457. The molecule has 26 heavy (non-hydrogen) atoms. The fourth-order valence-corrected chi connectivity index (χ4v) is 2.30. The molecule has 0 bridgehead atoms. The van der Waals surface area contributed by atoms with E-state index in [-0.39, 0.29) is 17.3 Å². The fraction of sp³-hybridized carbons (Fsp3) is 0.474. The van der Waals surface area contributed by atoms with Crippen molar-refractivity contribution in [3.63, 3.8) is 0 Å². The number of rotatable bonds is 7. The molecule has 2 aromatic rings. The molecule has 0 unspecified atom stereocenters. The van der Waals surface area contributed by atoms with Crippen LogP contribution < -0.4 is 5.32 Å². The van der Waals surface area contributed by atoms with Gasteiger partial charge < -0.3 is 14.6 Å². The van der Waals surface area contributed by atoms with Crippen molar-refractivity contribution in [2.24, 2.45) is 0 Å². The van der Waals surface area contributed by atoms with Crippen LogP contribution in [0.1, 0.15) is 56.2 Å². The smallest absolute Gasteiger partial charge is 0.305 e. The van der Waals surface area contributed by atoms with E-state index in [0.29, 0.717) is 48.6 Å². The lowest BCUT2D eigenvalue weighted by atomic mass is 9.96. The van der Waals surface area contributed by atoms with Gasteiger partial charge in [-0.1, -0.05) is 38.1 Å². The highest BCUT2D eigenvalue weighted by molar-refractivity contribution is 5.99. The molecule has 1 N–H and O–H groups in total. The zero-order chi connectivity index (χ0) is 19.2. The zero-order valence-electron chi connectivity index (χ0n) is 15.7. The molecule has 1 aromatic heterocycles. The van der Waals surface area contributed by atoms with Gasteiger partial charge >= 0.3 is 5.97 Å². The molecule has 0 saturated heterocycles. The van der Waals surface area contributed by atoms with Crippen LogP contribution in [-0.4, -0.2) is 35.7 Å². The minimum Gasteiger partial charge on any atom is -0.469 e. The molecular formula is C19H25N3O4. The molecule has 0 atom stereocenters. The molecule has 2 rings (SSSR count). The maximum atomic E-state index is 12.5. The highest BCUT2D eigenvalue weighted by atomic mass is 16.5. The maximum Gasteiger partial charge on any atom is 0.305 e. The maximum absolute atomic E-state index is 12.5. The average Bonchev–Trinajstić information content (AvgIpc) is 3.11. The normalized spacial score (nSPS) is 11.2. The number of nitrogens with one attached hydrogen (secondary N) is 1. The van der Waals surface area contributed by atoms with Gasteiger partial charge in [-0.15, -0.1) is 0 Å². The van der Waals surface area contributed by atoms with Crippen LogP contribution in [0.15, 0.2) is 28.8 Å². The number of ether oxygens (including phenoxy) is 1. The Bertz CT molecular complexity index is 762. The monoisotopic (exact) mass is 359 g/mol. The molecule has 0 fully saturated rings. The molecule has 7 heteroatoms. The number of methoxy groups -OCH3 is 1. The van der Waals surface area contributed by atoms with E-state index < -0.39 is 0 Å². The van der Waals surface area contributed by atoms with Crippen LogP contribution in [0.2, 0.25) is 0 Å². The second kappa shape index (κ2) is 8.60. The highest BCUT2D eigenvalue weighted by Crippen LogP contribution is 2.26. The number of nitrogens with zero attached hydrogens (tertiary/aromatic N) is 2. The molecule has 140 valence electrons. The third kappa shape index (κ3) is 5.15. The van der Waals surface area contributed by atoms with Crippen LogP contribution >= 0.6 is 0 Å². The molecule has 1 heterocycles. The van der Waals surface area contributed by atoms with Gasteiger partial charge in [-0.3, -0.25) is 9.59 Å². The Hall–Kier alpha value is -2.70. The lowest BCUT2D eigenvalue weighted by Crippen LogP contribution is -2.25. The minimum absolute atomic E-state index is 0.214. The fourth-order valence-electron chi connectivity index (χ4n) is 2.30. The molecule has 0 radical (unpaired) electrons. The number of esters is 1. The Morgan fingerprint density at radius 3 is 2.58 bits per heavy atom. The van der Waals surface area contributed by atoms with Gasteiger partial charge in [0, 0.05) is 18.4 Å². The van der Waals surface area contributed by atoms with Gasteiger partial charge in [0.15, 0.2) is 5.82 Å². The standard InChI is InChI=1S/C19H25N3O4/c1-19(2,3)18-21-17(26-22-18)14-10-6-5-9-13(14)16(24)20-12-8-7-11-15(23)25-4/h5-6,9-10H,7-8,11-12H2,1-4H3,(H,20,24). The number of hydrogen-bond donors (Lipinski definition) is 1. The van der Waals surface area contributed by atoms with Gasteiger partial charge in [0.25, 0.3) is 11.8 Å². The van der Waals surface area contributed by atoms with E-state index in [1.165, 1.54) is 7.11 Å². The molecule has 1 aromatic carbocycles. The van der Waals surface area contributed by atoms with E-state index in [9.17, 15) is 9.59 Å². The van der Waals surface area contributed by atoms with Crippen LogP contribution in [0.4, 0.5) is 0 Å². The molecule has 0 spiro atoms. The van der Waals surface area contributed by atoms with Crippen molar-refractivity contribution in [2.45, 2.75) is 45.4 Å². The Morgan fingerprint density at radius 2 is 1.92 bits per heavy atom. The van der Waals surface area contributed by atoms with Gasteiger partial charge in [-0.25, -0.2) is 0 Å². The van der Waals surface area contributed by atoms with E-state index in [0.717, 1.165) is 0 Å². The molecule has 0 aliphatic carbocycles. The Balaban J connectivity index is 2.03. The number of aromatic nitrogens is 2. The highest BCUT2D eigenvalue weighted by Gasteiger charge is 2.23. The first-order valence-corrected chi connectivity index (χ1v) is 8.61. The third-order valence-corrected chi connectivity index (χ3v) is 3.82. The number of unbranched alkanes of at least 4 members (excludes halogenated alkanes) is 1. The number of benzene rings is 1. The summed E-state index contributed by atoms with van der Waals surface area (Å²) < 4.78 is 9.95. The largest absolute Gasteiger partial charge is 0.469 e. The number of carbonyl (C=O) groups excluding carboxylic acids is 2. The summed E-state index contributed by atoms with van der Waals surface area (Å²) in [5, 5.41) is 6.87. The summed E-state index contributed by atoms with van der Waals surface area (Å²) in [4.78, 5) is 28.0. The Morgan fingerprint density at radius 1 is 1.19 bits per heavy atom. The summed E-state index contributed by atoms with van der Waals surface area (Å²) in [5.41, 5.74) is 0.839. The predicted octanol–water partition coefficient (Wildman–Crippen LogP) is 3.11. The summed E-state index contributed by atoms with van der Waals surface area (Å²) in [6, 6.07) is 7.12. The van der Waals surface area contributed by atoms with Gasteiger partial charge in [0.2, 0.25) is 0 Å². The van der Waals surface area contributed by atoms with Crippen molar-refractivity contribution in [1.82, 2.24) is 15.5 Å². The second-order valence-corrected chi connectivity index (χ2v) is 7.01. The number of carbonyl (C=O) groups is 2. The van der Waals surface area contributed by atoms with E-state index in [4.69, 9.17) is 4.52 Å². The van der Waals surface area contributed by atoms with Crippen LogP contribution in [0.25, 0.3) is 11.5 Å². The van der Waals surface area contributed by atoms with Crippen molar-refractivity contribution in [2.75, 3.05) is 13.7 Å². The van der Waals surface area contributed by atoms with Crippen LogP contribution in [0.5, 0.6) is 0 Å². The van der Waals surface area contributed by atoms with E-state index >= 15 is 0 Å². The van der Waals surface area contributed by atoms with E-state index in [2.05, 4.69) is 20.2 Å². The average molecular weight is 359 g/mol. The molecule has 0 saturated carbocycles. The Kier molecular flexibility index (Phi) is 6.49. The minimum atomic E-state index is -0.243. The van der Waals surface area contributed by atoms with Crippen LogP contribution in [0.3, 0.4) is 0 Å². The third-order valence-electron chi connectivity index (χ3n) is 3.82. The van der Waals surface area contributed by atoms with Crippen molar-refractivity contribution in [3.8, 4) is 11.5 Å². The van der Waals surface area contributed by atoms with Gasteiger partial charge in [0.05, 0.1) is 18.2 Å². The van der Waals surface area contributed by atoms with Gasteiger partial charge in [0.1, 0.15) is 0 Å². The van der Waals surface area contributed by atoms with Crippen LogP contribution in [0, 0.1) is 0 Å². The van der Waals surface area contributed by atoms with Gasteiger partial charge in [-0.2, -0.15) is 4.98 Å². The molecule has 0 aliphatic rings. The quantitative estimate of drug-likeness (QED) is 0.603. The Labute approximate surface area is 153 Å². The van der Waals surface area contributed by atoms with Crippen molar-refractivity contribution < 1.29 is 18.8 Å². The first-order chi connectivity index (χ1) is 12.3. The van der Waals surface area contributed by atoms with Crippen LogP contribution in [-0.2, 0) is 14.9 Å². The SMILES string of the molecule is COC(=O)CCCCNC(=O)c1ccccc1-c1nc(C(C)(C)C)no1. The predicted molar refractivity (Wildman–Crippen MR) is 96.6 cm³/mol. The molecule has 1 amide bonds. The summed E-state index contributed by atoms with van der Waals surface area (Å²) in [6.07, 6.45) is 1.70. The second-order valence-electron chi connectivity index (χ2n) is 7.01. The lowest BCUT2D eigenvalue weighted by molar-refractivity contribution is -0.140. The first kappa shape index (κ1) is 19.6. The molecular weight excluding hydrogens is 334 g/mol. The summed E-state index contributed by atoms with van der Waals surface area (Å²) >= 11 is 0. The molecule has 0 aliphatic heterocycles. The molecule has 7 nitrogen and oxygen atoms in total. The topological polar surface area (TPSA) is 94.3 Å². The zero-order valence-corrected chi connectivity index (χ0v) is 15.7. The number of hydrogen-bond acceptors (Lipinski definition) is 6. The summed E-state index contributed by atoms with van der Waals surface area (Å²) in [6.45, 7) is 6.46. The van der Waals surface area contributed by atoms with E-state index in [1.807, 2.05) is 26.8 Å². The van der Waals surface area contributed by atoms with Crippen molar-refractivity contribution >= 4 is 11.9 Å². The van der Waals surface area contributed by atoms with Crippen molar-refractivity contribution in [1.29, 1.82) is 0 Å². The first-order valence-electron chi connectivity index (χ1n) is 8.61. The number of amides is 1. The van der Waals surface area contributed by atoms with Crippen molar-refractivity contribution in [3.05, 3.63) is 35.7 Å². The van der Waals surface area contributed by atoms with E-state index in [1.54, 1.807) is 18.2 Å². The summed E-state index contributed by atoms with van der Waals surface area (Å²) in [7, 11) is 1.36. The lowest BCUT2D eigenvalue weighted by Gasteiger charge is -2.11. The van der Waals surface area contributed by atoms with Gasteiger partial charge in [-0.05, 0) is 25.0 Å².